The molecular formula is C20H12Cl3N3O4. The number of amides is 4. The molecule has 0 aliphatic carbocycles. The first-order valence-electron chi connectivity index (χ1n) is 8.39. The molecule has 7 nitrogen and oxygen atoms in total. The van der Waals surface area contributed by atoms with E-state index in [4.69, 9.17) is 44.8 Å². The minimum Gasteiger partial charge on any atom is -0.476 e. The highest BCUT2D eigenvalue weighted by Crippen LogP contribution is 2.35. The van der Waals surface area contributed by atoms with Gasteiger partial charge in [-0.25, -0.2) is 9.69 Å². The topological polar surface area (TPSA) is 99.5 Å². The average Bonchev–Trinajstić information content (AvgIpc) is 2.67. The highest BCUT2D eigenvalue weighted by atomic mass is 35.5. The first-order chi connectivity index (χ1) is 14.2. The Kier molecular flexibility index (Phi) is 6.32. The Hall–Kier alpha value is -3.05. The standard InChI is InChI=1S/C20H12Cl3N3O4/c1-10-2-3-12(9-14(10)21)26-19(28)13(18(27)25-20(26)29)6-11-7-15(22)17(16(23)8-11)30-5-4-24/h2-3,6-9H,5H2,1H3,(H,25,27,29)/b13-6-. The molecule has 0 aromatic heterocycles. The molecular weight excluding hydrogens is 453 g/mol. The third kappa shape index (κ3) is 4.26. The number of ether oxygens (including phenoxy) is 1. The van der Waals surface area contributed by atoms with Gasteiger partial charge in [0.2, 0.25) is 0 Å². The maximum absolute atomic E-state index is 12.9. The summed E-state index contributed by atoms with van der Waals surface area (Å²) in [5.74, 6) is -1.59. The number of halogens is 3. The fraction of sp³-hybridized carbons (Fsp3) is 0.100. The lowest BCUT2D eigenvalue weighted by Crippen LogP contribution is -2.54. The summed E-state index contributed by atoms with van der Waals surface area (Å²) >= 11 is 18.4. The van der Waals surface area contributed by atoms with E-state index in [0.717, 1.165) is 10.5 Å². The molecule has 30 heavy (non-hydrogen) atoms. The number of barbiturate groups is 1. The molecule has 1 fully saturated rings. The summed E-state index contributed by atoms with van der Waals surface area (Å²) in [4.78, 5) is 38.3. The van der Waals surface area contributed by atoms with Crippen molar-refractivity contribution in [2.45, 2.75) is 6.92 Å². The maximum Gasteiger partial charge on any atom is 0.335 e. The quantitative estimate of drug-likeness (QED) is 0.529. The third-order valence-corrected chi connectivity index (χ3v) is 5.10. The van der Waals surface area contributed by atoms with Crippen molar-refractivity contribution in [3.05, 3.63) is 62.1 Å². The second kappa shape index (κ2) is 8.76. The fourth-order valence-electron chi connectivity index (χ4n) is 2.68. The van der Waals surface area contributed by atoms with E-state index in [9.17, 15) is 14.4 Å². The number of carbonyl (C=O) groups is 3. The molecule has 0 unspecified atom stereocenters. The normalized spacial score (nSPS) is 15.2. The Bertz CT molecular complexity index is 1130. The van der Waals surface area contributed by atoms with Gasteiger partial charge in [-0.05, 0) is 48.4 Å². The highest BCUT2D eigenvalue weighted by molar-refractivity contribution is 6.40. The summed E-state index contributed by atoms with van der Waals surface area (Å²) in [6, 6.07) is 8.38. The molecule has 2 aromatic carbocycles. The molecule has 10 heteroatoms. The van der Waals surface area contributed by atoms with Crippen LogP contribution in [0.1, 0.15) is 11.1 Å². The summed E-state index contributed by atoms with van der Waals surface area (Å²) in [5.41, 5.74) is 0.996. The van der Waals surface area contributed by atoms with Crippen molar-refractivity contribution in [3.63, 3.8) is 0 Å². The summed E-state index contributed by atoms with van der Waals surface area (Å²) in [6.45, 7) is 1.52. The van der Waals surface area contributed by atoms with Gasteiger partial charge in [-0.3, -0.25) is 14.9 Å². The number of nitriles is 1. The van der Waals surface area contributed by atoms with Gasteiger partial charge in [-0.1, -0.05) is 40.9 Å². The number of urea groups is 1. The van der Waals surface area contributed by atoms with Gasteiger partial charge in [0.1, 0.15) is 11.6 Å². The van der Waals surface area contributed by atoms with E-state index in [0.29, 0.717) is 10.6 Å². The van der Waals surface area contributed by atoms with Crippen molar-refractivity contribution in [2.24, 2.45) is 0 Å². The van der Waals surface area contributed by atoms with Gasteiger partial charge in [0.25, 0.3) is 11.8 Å². The fourth-order valence-corrected chi connectivity index (χ4v) is 3.47. The van der Waals surface area contributed by atoms with E-state index in [1.54, 1.807) is 25.1 Å². The molecule has 1 aliphatic heterocycles. The molecule has 1 saturated heterocycles. The van der Waals surface area contributed by atoms with E-state index in [-0.39, 0.29) is 33.7 Å². The molecule has 152 valence electrons. The van der Waals surface area contributed by atoms with Crippen LogP contribution in [-0.4, -0.2) is 24.5 Å². The molecule has 1 heterocycles. The Morgan fingerprint density at radius 3 is 2.37 bits per heavy atom. The summed E-state index contributed by atoms with van der Waals surface area (Å²) in [5, 5.41) is 11.3. The molecule has 0 saturated carbocycles. The van der Waals surface area contributed by atoms with Crippen LogP contribution in [0.4, 0.5) is 10.5 Å². The van der Waals surface area contributed by atoms with Crippen LogP contribution in [0.25, 0.3) is 6.08 Å². The molecule has 3 rings (SSSR count). The smallest absolute Gasteiger partial charge is 0.335 e. The lowest BCUT2D eigenvalue weighted by molar-refractivity contribution is -0.122. The number of hydrogen-bond acceptors (Lipinski definition) is 5. The number of nitrogens with zero attached hydrogens (tertiary/aromatic N) is 2. The van der Waals surface area contributed by atoms with Gasteiger partial charge in [-0.15, -0.1) is 0 Å². The monoisotopic (exact) mass is 463 g/mol. The predicted molar refractivity (Wildman–Crippen MR) is 113 cm³/mol. The second-order valence-electron chi connectivity index (χ2n) is 6.15. The predicted octanol–water partition coefficient (Wildman–Crippen LogP) is 4.52. The van der Waals surface area contributed by atoms with Crippen LogP contribution >= 0.6 is 34.8 Å². The van der Waals surface area contributed by atoms with E-state index in [1.165, 1.54) is 24.3 Å². The molecule has 0 bridgehead atoms. The number of benzene rings is 2. The average molecular weight is 465 g/mol. The van der Waals surface area contributed by atoms with Crippen molar-refractivity contribution in [2.75, 3.05) is 11.5 Å². The Morgan fingerprint density at radius 2 is 1.77 bits per heavy atom. The Morgan fingerprint density at radius 1 is 1.10 bits per heavy atom. The Labute approximate surface area is 186 Å². The first kappa shape index (κ1) is 21.7. The van der Waals surface area contributed by atoms with Crippen LogP contribution in [0.2, 0.25) is 15.1 Å². The molecule has 0 atom stereocenters. The molecule has 2 aromatic rings. The van der Waals surface area contributed by atoms with Gasteiger partial charge in [-0.2, -0.15) is 5.26 Å². The zero-order valence-corrected chi connectivity index (χ0v) is 17.6. The van der Waals surface area contributed by atoms with Crippen LogP contribution in [-0.2, 0) is 9.59 Å². The van der Waals surface area contributed by atoms with Crippen molar-refractivity contribution in [3.8, 4) is 11.8 Å². The van der Waals surface area contributed by atoms with Gasteiger partial charge in [0.05, 0.1) is 15.7 Å². The lowest BCUT2D eigenvalue weighted by atomic mass is 10.1. The minimum atomic E-state index is -0.890. The molecule has 0 spiro atoms. The van der Waals surface area contributed by atoms with Crippen molar-refractivity contribution < 1.29 is 19.1 Å². The number of anilines is 1. The van der Waals surface area contributed by atoms with Crippen LogP contribution in [0.5, 0.6) is 5.75 Å². The number of nitrogens with one attached hydrogen (secondary N) is 1. The van der Waals surface area contributed by atoms with Crippen molar-refractivity contribution in [1.29, 1.82) is 5.26 Å². The van der Waals surface area contributed by atoms with E-state index < -0.39 is 17.8 Å². The highest BCUT2D eigenvalue weighted by Gasteiger charge is 2.37. The number of imide groups is 2. The SMILES string of the molecule is Cc1ccc(N2C(=O)NC(=O)/C(=C/c3cc(Cl)c(OCC#N)c(Cl)c3)C2=O)cc1Cl. The molecule has 1 N–H and O–H groups in total. The molecule has 1 aliphatic rings. The largest absolute Gasteiger partial charge is 0.476 e. The van der Waals surface area contributed by atoms with E-state index in [1.807, 2.05) is 0 Å². The minimum absolute atomic E-state index is 0.0894. The summed E-state index contributed by atoms with van der Waals surface area (Å²) in [6.07, 6.45) is 1.25. The number of hydrogen-bond donors (Lipinski definition) is 1. The van der Waals surface area contributed by atoms with Crippen LogP contribution in [0.3, 0.4) is 0 Å². The number of rotatable bonds is 4. The lowest BCUT2D eigenvalue weighted by Gasteiger charge is -2.26. The van der Waals surface area contributed by atoms with E-state index in [2.05, 4.69) is 5.32 Å². The summed E-state index contributed by atoms with van der Waals surface area (Å²) in [7, 11) is 0. The molecule has 4 amide bonds. The van der Waals surface area contributed by atoms with Crippen LogP contribution in [0.15, 0.2) is 35.9 Å². The third-order valence-electron chi connectivity index (χ3n) is 4.13. The maximum atomic E-state index is 12.9. The van der Waals surface area contributed by atoms with Crippen molar-refractivity contribution in [1.82, 2.24) is 5.32 Å². The van der Waals surface area contributed by atoms with E-state index >= 15 is 0 Å². The van der Waals surface area contributed by atoms with Gasteiger partial charge < -0.3 is 4.74 Å². The second-order valence-corrected chi connectivity index (χ2v) is 7.37. The van der Waals surface area contributed by atoms with Crippen molar-refractivity contribution >= 4 is 64.4 Å². The van der Waals surface area contributed by atoms with Crippen LogP contribution < -0.4 is 15.0 Å². The number of carbonyl (C=O) groups excluding carboxylic acids is 3. The number of aryl methyl sites for hydroxylation is 1. The van der Waals surface area contributed by atoms with Gasteiger partial charge >= 0.3 is 6.03 Å². The van der Waals surface area contributed by atoms with Gasteiger partial charge in [0.15, 0.2) is 12.4 Å². The molecule has 0 radical (unpaired) electrons. The summed E-state index contributed by atoms with van der Waals surface area (Å²) < 4.78 is 5.16. The van der Waals surface area contributed by atoms with Crippen LogP contribution in [0, 0.1) is 18.3 Å². The Balaban J connectivity index is 2.00. The first-order valence-corrected chi connectivity index (χ1v) is 9.52. The van der Waals surface area contributed by atoms with Gasteiger partial charge in [0, 0.05) is 5.02 Å². The zero-order chi connectivity index (χ0) is 22.0. The zero-order valence-electron chi connectivity index (χ0n) is 15.3.